The molecule has 4 amide bonds. The zero-order chi connectivity index (χ0) is 73.1. The number of nitrogens with two attached hydrogens (primary N) is 2. The van der Waals surface area contributed by atoms with Crippen LogP contribution in [0.3, 0.4) is 0 Å². The van der Waals surface area contributed by atoms with E-state index in [2.05, 4.69) is 46.9 Å². The summed E-state index contributed by atoms with van der Waals surface area (Å²) in [5.74, 6) is -7.61. The second-order valence-corrected chi connectivity index (χ2v) is 25.1. The van der Waals surface area contributed by atoms with Gasteiger partial charge in [-0.2, -0.15) is 0 Å². The van der Waals surface area contributed by atoms with Crippen LogP contribution in [0.25, 0.3) is 0 Å². The van der Waals surface area contributed by atoms with Crippen LogP contribution in [-0.4, -0.2) is 323 Å². The molecule has 6 aliphatic heterocycles. The first-order valence-electron chi connectivity index (χ1n) is 32.7. The number of nitrogens with one attached hydrogen (secondary N) is 8. The fourth-order valence-electron chi connectivity index (χ4n) is 12.3. The first-order chi connectivity index (χ1) is 48.2. The maximum atomic E-state index is 15.2. The van der Waals surface area contributed by atoms with Crippen LogP contribution in [0, 0.1) is 0 Å². The van der Waals surface area contributed by atoms with E-state index in [-0.39, 0.29) is 36.4 Å². The van der Waals surface area contributed by atoms with Crippen molar-refractivity contribution in [1.82, 2.24) is 31.9 Å². The lowest BCUT2D eigenvalue weighted by Crippen LogP contribution is -2.80. The summed E-state index contributed by atoms with van der Waals surface area (Å²) in [6.45, 7) is -0.723. The second kappa shape index (κ2) is 34.6. The number of rotatable bonds is 22. The zero-order valence-electron chi connectivity index (χ0n) is 54.7. The van der Waals surface area contributed by atoms with Crippen molar-refractivity contribution in [3.05, 3.63) is 90.0 Å². The molecule has 3 fully saturated rings. The van der Waals surface area contributed by atoms with Crippen molar-refractivity contribution in [1.29, 1.82) is 0 Å². The number of carbonyl (C=O) groups excluding carboxylic acids is 4. The molecule has 0 spiro atoms. The fourth-order valence-corrected chi connectivity index (χ4v) is 12.3. The predicted octanol–water partition coefficient (Wildman–Crippen LogP) is -14.8. The molecule has 0 bridgehead atoms. The summed E-state index contributed by atoms with van der Waals surface area (Å²) in [6, 6.07) is 7.63. The van der Waals surface area contributed by atoms with Crippen LogP contribution >= 0.6 is 0 Å². The zero-order valence-corrected chi connectivity index (χ0v) is 54.7. The first kappa shape index (κ1) is 76.9. The van der Waals surface area contributed by atoms with Gasteiger partial charge in [-0.25, -0.2) is 9.57 Å². The van der Waals surface area contributed by atoms with Gasteiger partial charge in [0, 0.05) is 18.2 Å². The maximum absolute atomic E-state index is 15.2. The quantitative estimate of drug-likeness (QED) is 0.0415. The Morgan fingerprint density at radius 1 is 0.644 bits per heavy atom. The van der Waals surface area contributed by atoms with E-state index < -0.39 is 227 Å². The van der Waals surface area contributed by atoms with E-state index in [1.807, 2.05) is 6.92 Å². The van der Waals surface area contributed by atoms with E-state index in [0.717, 1.165) is 11.0 Å². The predicted molar refractivity (Wildman–Crippen MR) is 341 cm³/mol. The van der Waals surface area contributed by atoms with Gasteiger partial charge in [0.2, 0.25) is 36.1 Å². The summed E-state index contributed by atoms with van der Waals surface area (Å²) in [7, 11) is 0. The average molecular weight is 1430 g/mol. The number of ether oxygens (including phenoxy) is 7. The molecule has 0 aromatic heterocycles. The number of carbonyl (C=O) groups is 4. The molecule has 101 heavy (non-hydrogen) atoms. The lowest BCUT2D eigenvalue weighted by molar-refractivity contribution is -0.663. The lowest BCUT2D eigenvalue weighted by atomic mass is 9.92. The van der Waals surface area contributed by atoms with E-state index in [1.54, 1.807) is 61.5 Å². The van der Waals surface area contributed by atoms with Gasteiger partial charge in [0.1, 0.15) is 152 Å². The van der Waals surface area contributed by atoms with Crippen LogP contribution < -0.4 is 72.7 Å². The van der Waals surface area contributed by atoms with Crippen LogP contribution in [0.2, 0.25) is 0 Å². The smallest absolute Gasteiger partial charge is 0.358 e. The highest BCUT2D eigenvalue weighted by molar-refractivity contribution is 5.97. The molecule has 25 atom stereocenters. The Bertz CT molecular complexity index is 3400. The van der Waals surface area contributed by atoms with Crippen molar-refractivity contribution in [2.24, 2.45) is 16.5 Å². The third kappa shape index (κ3) is 18.2. The van der Waals surface area contributed by atoms with Gasteiger partial charge in [0.15, 0.2) is 18.9 Å². The number of hydrogen-bond donors (Lipinski definition) is 24. The van der Waals surface area contributed by atoms with Gasteiger partial charge in [-0.1, -0.05) is 56.3 Å². The van der Waals surface area contributed by atoms with Crippen molar-refractivity contribution in [3.8, 4) is 17.2 Å². The van der Waals surface area contributed by atoms with E-state index >= 15 is 9.59 Å². The van der Waals surface area contributed by atoms with Crippen LogP contribution in [0.5, 0.6) is 17.2 Å². The molecule has 3 aromatic rings. The molecule has 6 aliphatic rings. The minimum Gasteiger partial charge on any atom is -0.858 e. The molecule has 6 heterocycles. The van der Waals surface area contributed by atoms with Crippen molar-refractivity contribution in [2.75, 3.05) is 52.7 Å². The molecule has 3 aromatic carbocycles. The summed E-state index contributed by atoms with van der Waals surface area (Å²) in [5, 5.41) is 184. The minimum atomic E-state index is -2.30. The Morgan fingerprint density at radius 3 is 1.88 bits per heavy atom. The van der Waals surface area contributed by atoms with E-state index in [9.17, 15) is 86.2 Å². The third-order valence-electron chi connectivity index (χ3n) is 18.1. The number of amides is 4. The summed E-state index contributed by atoms with van der Waals surface area (Å²) < 4.78 is 41.6. The highest BCUT2D eigenvalue weighted by atomic mass is 16.7. The van der Waals surface area contributed by atoms with Crippen LogP contribution in [0.4, 0.5) is 0 Å². The molecule has 26 N–H and O–H groups in total. The largest absolute Gasteiger partial charge is 0.858 e. The number of hydrogen-bond acceptors (Lipinski definition) is 30. The number of nitrogens with zero attached hydrogens (tertiary/aromatic N) is 2. The van der Waals surface area contributed by atoms with E-state index in [1.165, 1.54) is 24.3 Å². The van der Waals surface area contributed by atoms with E-state index in [4.69, 9.17) is 44.6 Å². The summed E-state index contributed by atoms with van der Waals surface area (Å²) in [5.41, 5.74) is 13.0. The molecule has 0 aliphatic carbocycles. The van der Waals surface area contributed by atoms with Gasteiger partial charge in [-0.05, 0) is 53.9 Å². The van der Waals surface area contributed by atoms with Crippen LogP contribution in [-0.2, 0) is 44.5 Å². The second-order valence-electron chi connectivity index (χ2n) is 25.1. The van der Waals surface area contributed by atoms with Gasteiger partial charge in [-0.3, -0.25) is 51.3 Å². The van der Waals surface area contributed by atoms with Crippen molar-refractivity contribution in [2.45, 2.75) is 179 Å². The average Bonchev–Trinajstić information content (AvgIpc) is 1.77. The Labute approximate surface area is 576 Å². The number of aliphatic imine (C=N–C) groups is 1. The SMILES string of the molecule is CCCOc1ccc(OC[C@@H]2O[C@@H](O[C@H]3[C@@H](O)[C@@H](O)[C@@H](Oc4ccc(C[C@H]5NC(=O)C([C@H](C)c6ccccc6)N=C([O-])C[NH+]=C(O)C(CO)NC(=O)[C@@H]([C@H](O)[C@@H]6CNC(N)=[N+]6[C@@H]6O[C@@H](CO)[C@H](O)[C@H](O)[C@@H]6O)NC(=O)[C@H]([C@H](O)[C@@H]6C[NH+]=C(N)N6)NC5=O)cc4)O[C@@H]3CO)[C@@H](O)[C@@H](O)[C@H]2O)cc1. The van der Waals surface area contributed by atoms with Gasteiger partial charge >= 0.3 is 17.8 Å². The molecule has 2 unspecified atom stereocenters. The Kier molecular flexibility index (Phi) is 26.4. The molecule has 9 rings (SSSR count). The topological polar surface area (TPSA) is 607 Å². The van der Waals surface area contributed by atoms with Crippen LogP contribution in [0.1, 0.15) is 37.3 Å². The number of aliphatic hydroxyl groups is 14. The standard InChI is InChI=1S/C63H88N12O26/c1-3-17-95-29-13-15-30(16-14-29)96-25-38-46(83)48(85)51(88)61(100-38)101-53-37(24-78)99-60(52(89)49(53)86)97-31-11-9-27(10-12-31)18-32-55(91)73-41(43(80)33-19-67-62(64)71-33)58(94)74-42(44(81)35-20-68-63(65)75(35)59-50(87)47(84)45(82)36(23-77)98-59)57(93)70-34(22-76)54(90)66-21-39(79)72-40(56(92)69-32)26(2)28-7-5-4-6-8-28/h4-16,26,32-38,40-53,59-61,76-78,80-89H,3,17-25H2,1-2H3,(H11,64,65,66,67,68,69,70,71,72,73,74,79,90,91,92,93,94)/p+2/t26-,32-,33+,34?,35+,36+,37-,38+,40?,41+,42-,43-,44-,45+,46+,47+,48+,49+,50+,51+,52-,53-,59-,60+,61+/m1/s1. The molecule has 3 saturated heterocycles. The van der Waals surface area contributed by atoms with Crippen molar-refractivity contribution >= 4 is 47.3 Å². The number of aliphatic hydroxyl groups excluding tert-OH is 14. The maximum Gasteiger partial charge on any atom is 0.358 e. The fraction of sp³-hybridized carbons (Fsp3) is 0.587. The Morgan fingerprint density at radius 2 is 1.24 bits per heavy atom. The lowest BCUT2D eigenvalue weighted by Gasteiger charge is -2.46. The van der Waals surface area contributed by atoms with Gasteiger partial charge < -0.3 is 131 Å². The number of guanidine groups is 2. The van der Waals surface area contributed by atoms with Gasteiger partial charge in [0.05, 0.1) is 33.0 Å². The highest BCUT2D eigenvalue weighted by Crippen LogP contribution is 2.33. The number of benzene rings is 3. The molecular formula is C63H90N12O26+2. The molecule has 556 valence electrons. The third-order valence-corrected chi connectivity index (χ3v) is 18.1. The van der Waals surface area contributed by atoms with Gasteiger partial charge in [0.25, 0.3) is 0 Å². The summed E-state index contributed by atoms with van der Waals surface area (Å²) >= 11 is 0. The molecular weight excluding hydrogens is 1340 g/mol. The monoisotopic (exact) mass is 1430 g/mol. The minimum absolute atomic E-state index is 0.0655. The Balaban J connectivity index is 0.986. The molecule has 38 heteroatoms. The Hall–Kier alpha value is -8.26. The summed E-state index contributed by atoms with van der Waals surface area (Å²) in [4.78, 5) is 69.2. The highest BCUT2D eigenvalue weighted by Gasteiger charge is 2.55. The molecule has 0 radical (unpaired) electrons. The van der Waals surface area contributed by atoms with Crippen LogP contribution in [0.15, 0.2) is 83.9 Å². The first-order valence-corrected chi connectivity index (χ1v) is 32.7. The summed E-state index contributed by atoms with van der Waals surface area (Å²) in [6.07, 6.45) is -30.5. The van der Waals surface area contributed by atoms with E-state index in [0.29, 0.717) is 23.7 Å². The van der Waals surface area contributed by atoms with Crippen molar-refractivity contribution < 1.29 is 143 Å². The van der Waals surface area contributed by atoms with Crippen molar-refractivity contribution in [3.63, 3.8) is 0 Å². The van der Waals surface area contributed by atoms with Gasteiger partial charge in [-0.15, -0.1) is 0 Å². The molecule has 38 nitrogen and oxygen atoms in total. The molecule has 0 saturated carbocycles. The normalized spacial score (nSPS) is 34.9.